The lowest BCUT2D eigenvalue weighted by Crippen LogP contribution is -2.35. The zero-order valence-electron chi connectivity index (χ0n) is 15.3. The average molecular weight is 399 g/mol. The molecular weight excluding hydrogens is 377 g/mol. The third-order valence-electron chi connectivity index (χ3n) is 4.93. The summed E-state index contributed by atoms with van der Waals surface area (Å²) in [4.78, 5) is 4.80. The number of aromatic nitrogens is 2. The largest absolute Gasteiger partial charge is 0.431 e. The van der Waals surface area contributed by atoms with Crippen LogP contribution < -0.4 is 5.30 Å². The number of nitrogens with zero attached hydrogens (tertiary/aromatic N) is 5. The molecule has 1 aromatic carbocycles. The maximum absolute atomic E-state index is 9.00. The third-order valence-corrected chi connectivity index (χ3v) is 9.05. The molecule has 2 aliphatic heterocycles. The Labute approximate surface area is 164 Å². The first-order valence-corrected chi connectivity index (χ1v) is 11.9. The zero-order chi connectivity index (χ0) is 18.9. The van der Waals surface area contributed by atoms with Crippen molar-refractivity contribution in [2.24, 2.45) is 4.99 Å². The molecule has 1 saturated heterocycles. The van der Waals surface area contributed by atoms with Crippen molar-refractivity contribution in [3.8, 4) is 6.07 Å². The van der Waals surface area contributed by atoms with E-state index in [1.807, 2.05) is 41.9 Å². The number of fused-ring (bicyclic) bond motifs is 1. The molecule has 0 amide bonds. The van der Waals surface area contributed by atoms with Crippen LogP contribution in [0, 0.1) is 18.3 Å². The van der Waals surface area contributed by atoms with Crippen LogP contribution in [0.5, 0.6) is 0 Å². The fourth-order valence-corrected chi connectivity index (χ4v) is 7.52. The first-order chi connectivity index (χ1) is 13.1. The Bertz CT molecular complexity index is 956. The number of aliphatic imine (C=N–C) groups is 1. The quantitative estimate of drug-likeness (QED) is 0.735. The van der Waals surface area contributed by atoms with Gasteiger partial charge >= 0.3 is 0 Å². The molecule has 1 fully saturated rings. The fourth-order valence-electron chi connectivity index (χ4n) is 3.63. The van der Waals surface area contributed by atoms with Gasteiger partial charge in [0, 0.05) is 18.7 Å². The summed E-state index contributed by atoms with van der Waals surface area (Å²) < 4.78 is 10.7. The molecule has 0 bridgehead atoms. The Balaban J connectivity index is 1.86. The Morgan fingerprint density at radius 2 is 1.96 bits per heavy atom. The van der Waals surface area contributed by atoms with Crippen molar-refractivity contribution in [1.82, 2.24) is 14.5 Å². The minimum Gasteiger partial charge on any atom is -0.431 e. The summed E-state index contributed by atoms with van der Waals surface area (Å²) in [6.45, 7) is 4.37. The number of hydrogen-bond acceptors (Lipinski definition) is 5. The molecule has 0 radical (unpaired) electrons. The van der Waals surface area contributed by atoms with Crippen molar-refractivity contribution in [3.63, 3.8) is 0 Å². The normalized spacial score (nSPS) is 22.4. The summed E-state index contributed by atoms with van der Waals surface area (Å²) in [6.07, 6.45) is 1.41. The summed E-state index contributed by atoms with van der Waals surface area (Å²) in [5.41, 5.74) is 1.78. The van der Waals surface area contributed by atoms with Crippen LogP contribution >= 0.6 is 6.42 Å². The van der Waals surface area contributed by atoms with Gasteiger partial charge in [-0.1, -0.05) is 24.6 Å². The van der Waals surface area contributed by atoms with Gasteiger partial charge < -0.3 is 4.52 Å². The van der Waals surface area contributed by atoms with Gasteiger partial charge in [0.05, 0.1) is 24.7 Å². The van der Waals surface area contributed by atoms with Gasteiger partial charge in [0.25, 0.3) is 0 Å². The summed E-state index contributed by atoms with van der Waals surface area (Å²) >= 11 is 6.23. The van der Waals surface area contributed by atoms with Crippen LogP contribution in [0.25, 0.3) is 0 Å². The van der Waals surface area contributed by atoms with Gasteiger partial charge in [-0.25, -0.2) is 9.35 Å². The van der Waals surface area contributed by atoms with E-state index in [4.69, 9.17) is 26.6 Å². The van der Waals surface area contributed by atoms with E-state index >= 15 is 0 Å². The smallest absolute Gasteiger partial charge is 0.227 e. The minimum atomic E-state index is -2.48. The topological polar surface area (TPSA) is 66.4 Å². The van der Waals surface area contributed by atoms with Crippen molar-refractivity contribution in [1.29, 1.82) is 5.26 Å². The lowest BCUT2D eigenvalue weighted by molar-refractivity contribution is 0.345. The molecule has 0 saturated carbocycles. The van der Waals surface area contributed by atoms with Crippen LogP contribution in [-0.4, -0.2) is 33.4 Å². The Morgan fingerprint density at radius 1 is 1.22 bits per heavy atom. The Hall–Kier alpha value is -2.00. The lowest BCUT2D eigenvalue weighted by atomic mass is 10.2. The molecule has 1 atom stereocenters. The summed E-state index contributed by atoms with van der Waals surface area (Å²) in [5, 5.41) is 14.6. The number of piperidine rings is 1. The third kappa shape index (κ3) is 3.34. The molecule has 140 valence electrons. The molecule has 2 aromatic rings. The molecule has 6 nitrogen and oxygen atoms in total. The zero-order valence-corrected chi connectivity index (χ0v) is 17.0. The first-order valence-electron chi connectivity index (χ1n) is 9.27. The molecule has 0 spiro atoms. The first kappa shape index (κ1) is 18.4. The molecular formula is C19H22N5OPS. The molecule has 1 unspecified atom stereocenters. The van der Waals surface area contributed by atoms with Gasteiger partial charge in [0.2, 0.25) is 12.3 Å². The standard InChI is InChI=1S/C19H22N5OPS/c1-15-17-18(24(22-15)14-8-11-20)21-19(16-9-4-2-5-10-16)25-26(17,27)23-12-6-3-7-13-23/h2,4-5,9-10H,3,6-8,12-14H2,1H3. The van der Waals surface area contributed by atoms with Crippen LogP contribution in [0.1, 0.15) is 36.9 Å². The molecule has 0 aliphatic carbocycles. The summed E-state index contributed by atoms with van der Waals surface area (Å²) in [6, 6.07) is 12.1. The van der Waals surface area contributed by atoms with Crippen molar-refractivity contribution >= 4 is 35.2 Å². The van der Waals surface area contributed by atoms with Crippen LogP contribution in [0.2, 0.25) is 0 Å². The van der Waals surface area contributed by atoms with E-state index in [2.05, 4.69) is 15.8 Å². The molecule has 0 N–H and O–H groups in total. The molecule has 4 rings (SSSR count). The van der Waals surface area contributed by atoms with Gasteiger partial charge in [-0.15, -0.1) is 0 Å². The van der Waals surface area contributed by atoms with E-state index in [1.165, 1.54) is 6.42 Å². The molecule has 27 heavy (non-hydrogen) atoms. The van der Waals surface area contributed by atoms with E-state index in [0.717, 1.165) is 48.3 Å². The van der Waals surface area contributed by atoms with E-state index in [-0.39, 0.29) is 0 Å². The van der Waals surface area contributed by atoms with Gasteiger partial charge in [-0.05, 0) is 43.7 Å². The SMILES string of the molecule is Cc1nn(CCC#N)c2c1P(=S)(N1CCCCC1)OC(c1ccccc1)=N2. The highest BCUT2D eigenvalue weighted by Gasteiger charge is 2.41. The van der Waals surface area contributed by atoms with Crippen molar-refractivity contribution in [2.45, 2.75) is 39.2 Å². The van der Waals surface area contributed by atoms with Gasteiger partial charge in [0.15, 0.2) is 5.82 Å². The van der Waals surface area contributed by atoms with Crippen molar-refractivity contribution in [2.75, 3.05) is 13.1 Å². The van der Waals surface area contributed by atoms with Gasteiger partial charge in [-0.3, -0.25) is 0 Å². The predicted molar refractivity (Wildman–Crippen MR) is 110 cm³/mol. The second-order valence-electron chi connectivity index (χ2n) is 6.80. The number of hydrogen-bond donors (Lipinski definition) is 0. The Kier molecular flexibility index (Phi) is 5.14. The van der Waals surface area contributed by atoms with Crippen LogP contribution in [0.3, 0.4) is 0 Å². The second-order valence-corrected chi connectivity index (χ2v) is 10.5. The maximum atomic E-state index is 9.00. The van der Waals surface area contributed by atoms with E-state index < -0.39 is 6.42 Å². The summed E-state index contributed by atoms with van der Waals surface area (Å²) in [5.74, 6) is 1.33. The minimum absolute atomic E-state index is 0.386. The number of nitriles is 1. The van der Waals surface area contributed by atoms with Gasteiger partial charge in [-0.2, -0.15) is 15.4 Å². The van der Waals surface area contributed by atoms with E-state index in [1.54, 1.807) is 0 Å². The fraction of sp³-hybridized carbons (Fsp3) is 0.421. The van der Waals surface area contributed by atoms with Gasteiger partial charge in [0.1, 0.15) is 5.30 Å². The highest BCUT2D eigenvalue weighted by atomic mass is 32.4. The number of rotatable bonds is 4. The second kappa shape index (κ2) is 7.55. The molecule has 8 heteroatoms. The predicted octanol–water partition coefficient (Wildman–Crippen LogP) is 3.63. The van der Waals surface area contributed by atoms with E-state index in [9.17, 15) is 0 Å². The number of aryl methyl sites for hydroxylation is 2. The lowest BCUT2D eigenvalue weighted by Gasteiger charge is -2.38. The van der Waals surface area contributed by atoms with Crippen LogP contribution in [0.4, 0.5) is 5.82 Å². The van der Waals surface area contributed by atoms with Crippen molar-refractivity contribution < 1.29 is 4.52 Å². The van der Waals surface area contributed by atoms with Crippen LogP contribution in [-0.2, 0) is 22.9 Å². The average Bonchev–Trinajstić information content (AvgIpc) is 3.04. The molecule has 3 heterocycles. The Morgan fingerprint density at radius 3 is 2.67 bits per heavy atom. The number of benzene rings is 1. The molecule has 1 aromatic heterocycles. The molecule has 2 aliphatic rings. The van der Waals surface area contributed by atoms with Crippen molar-refractivity contribution in [3.05, 3.63) is 41.6 Å². The maximum Gasteiger partial charge on any atom is 0.227 e. The monoisotopic (exact) mass is 399 g/mol. The van der Waals surface area contributed by atoms with Crippen LogP contribution in [0.15, 0.2) is 35.3 Å². The summed E-state index contributed by atoms with van der Waals surface area (Å²) in [7, 11) is 0. The van der Waals surface area contributed by atoms with E-state index in [0.29, 0.717) is 18.9 Å². The highest BCUT2D eigenvalue weighted by molar-refractivity contribution is 8.15. The highest BCUT2D eigenvalue weighted by Crippen LogP contribution is 2.56.